The number of nitrogens with zero attached hydrogens (tertiary/aromatic N) is 2. The number of hydrogen-bond acceptors (Lipinski definition) is 8. The molecule has 3 aromatic rings. The molecule has 11 heteroatoms. The number of benzene rings is 2. The van der Waals surface area contributed by atoms with Gasteiger partial charge in [-0.1, -0.05) is 47.4 Å². The highest BCUT2D eigenvalue weighted by Gasteiger charge is 2.16. The fraction of sp³-hybridized carbons (Fsp3) is 0.150. The molecule has 2 N–H and O–H groups in total. The highest BCUT2D eigenvalue weighted by molar-refractivity contribution is 9.10. The van der Waals surface area contributed by atoms with Gasteiger partial charge in [0.1, 0.15) is 0 Å². The molecule has 31 heavy (non-hydrogen) atoms. The summed E-state index contributed by atoms with van der Waals surface area (Å²) in [4.78, 5) is 36.7. The monoisotopic (exact) mass is 520 g/mol. The van der Waals surface area contributed by atoms with Gasteiger partial charge in [0.2, 0.25) is 11.0 Å². The molecule has 0 bridgehead atoms. The maximum atomic E-state index is 12.3. The van der Waals surface area contributed by atoms with Crippen molar-refractivity contribution in [1.29, 1.82) is 0 Å². The molecule has 0 aliphatic carbocycles. The summed E-state index contributed by atoms with van der Waals surface area (Å²) >= 11 is 5.67. The van der Waals surface area contributed by atoms with Crippen molar-refractivity contribution < 1.29 is 19.1 Å². The minimum atomic E-state index is -0.499. The smallest absolute Gasteiger partial charge is 0.340 e. The molecule has 1 aromatic heterocycles. The number of nitrogens with one attached hydrogen (secondary N) is 2. The fourth-order valence-corrected chi connectivity index (χ4v) is 4.43. The first kappa shape index (κ1) is 22.9. The second kappa shape index (κ2) is 11.0. The van der Waals surface area contributed by atoms with Crippen LogP contribution in [-0.4, -0.2) is 40.3 Å². The summed E-state index contributed by atoms with van der Waals surface area (Å²) in [5.41, 5.74) is 1.15. The number of para-hydroxylation sites is 1. The number of hydrogen-bond donors (Lipinski definition) is 2. The summed E-state index contributed by atoms with van der Waals surface area (Å²) in [6.07, 6.45) is 0. The molecule has 1 heterocycles. The van der Waals surface area contributed by atoms with Gasteiger partial charge in [-0.3, -0.25) is 14.9 Å². The largest absolute Gasteiger partial charge is 0.462 e. The number of ether oxygens (including phenoxy) is 1. The second-order valence-corrected chi connectivity index (χ2v) is 8.96. The number of rotatable bonds is 8. The van der Waals surface area contributed by atoms with Crippen LogP contribution < -0.4 is 10.6 Å². The molecular weight excluding hydrogens is 504 g/mol. The molecule has 0 fully saturated rings. The van der Waals surface area contributed by atoms with Gasteiger partial charge in [0, 0.05) is 4.47 Å². The van der Waals surface area contributed by atoms with E-state index in [0.29, 0.717) is 25.2 Å². The number of carbonyl (C=O) groups is 3. The first-order valence-corrected chi connectivity index (χ1v) is 11.7. The Balaban J connectivity index is 1.55. The van der Waals surface area contributed by atoms with Gasteiger partial charge >= 0.3 is 5.97 Å². The van der Waals surface area contributed by atoms with Crippen LogP contribution in [0.5, 0.6) is 0 Å². The molecule has 0 saturated carbocycles. The van der Waals surface area contributed by atoms with Crippen molar-refractivity contribution in [1.82, 2.24) is 10.2 Å². The molecular formula is C20H17BrN4O4S2. The second-order valence-electron chi connectivity index (χ2n) is 5.91. The standard InChI is InChI=1S/C20H17BrN4O4S2/c1-2-29-18(28)13-8-4-6-10-15(13)22-16(26)11-30-20-25-24-19(31-20)23-17(27)12-7-3-5-9-14(12)21/h3-10H,2,11H2,1H3,(H,22,26)(H,23,24,27). The summed E-state index contributed by atoms with van der Waals surface area (Å²) in [5.74, 6) is -1.06. The predicted octanol–water partition coefficient (Wildman–Crippen LogP) is 4.46. The van der Waals surface area contributed by atoms with E-state index in [9.17, 15) is 14.4 Å². The van der Waals surface area contributed by atoms with Crippen LogP contribution in [0.3, 0.4) is 0 Å². The molecule has 0 unspecified atom stereocenters. The number of aromatic nitrogens is 2. The Bertz CT molecular complexity index is 1110. The molecule has 0 spiro atoms. The van der Waals surface area contributed by atoms with Crippen molar-refractivity contribution in [3.05, 3.63) is 64.1 Å². The summed E-state index contributed by atoms with van der Waals surface area (Å²) in [5, 5.41) is 13.7. The Morgan fingerprint density at radius 2 is 1.74 bits per heavy atom. The van der Waals surface area contributed by atoms with E-state index >= 15 is 0 Å². The minimum absolute atomic E-state index is 0.0595. The van der Waals surface area contributed by atoms with Crippen LogP contribution in [0, 0.1) is 0 Å². The molecule has 0 radical (unpaired) electrons. The molecule has 0 atom stereocenters. The molecule has 0 aliphatic rings. The molecule has 0 aliphatic heterocycles. The lowest BCUT2D eigenvalue weighted by Crippen LogP contribution is -2.17. The summed E-state index contributed by atoms with van der Waals surface area (Å²) < 4.78 is 6.20. The zero-order chi connectivity index (χ0) is 22.2. The Hall–Kier alpha value is -2.76. The third kappa shape index (κ3) is 6.36. The number of thioether (sulfide) groups is 1. The fourth-order valence-electron chi connectivity index (χ4n) is 2.42. The van der Waals surface area contributed by atoms with E-state index in [1.54, 1.807) is 49.4 Å². The molecule has 2 aromatic carbocycles. The summed E-state index contributed by atoms with van der Waals surface area (Å²) in [6, 6.07) is 13.7. The number of esters is 1. The lowest BCUT2D eigenvalue weighted by atomic mass is 10.2. The first-order valence-electron chi connectivity index (χ1n) is 9.06. The maximum Gasteiger partial charge on any atom is 0.340 e. The van der Waals surface area contributed by atoms with Crippen LogP contribution in [-0.2, 0) is 9.53 Å². The molecule has 3 rings (SSSR count). The van der Waals surface area contributed by atoms with Gasteiger partial charge in [0.05, 0.1) is 29.2 Å². The predicted molar refractivity (Wildman–Crippen MR) is 124 cm³/mol. The van der Waals surface area contributed by atoms with Crippen molar-refractivity contribution in [2.45, 2.75) is 11.3 Å². The lowest BCUT2D eigenvalue weighted by Gasteiger charge is -2.09. The van der Waals surface area contributed by atoms with Crippen molar-refractivity contribution >= 4 is 67.6 Å². The van der Waals surface area contributed by atoms with Crippen molar-refractivity contribution in [3.8, 4) is 0 Å². The Morgan fingerprint density at radius 3 is 2.48 bits per heavy atom. The normalized spacial score (nSPS) is 10.4. The molecule has 0 saturated heterocycles. The van der Waals surface area contributed by atoms with Gasteiger partial charge in [-0.05, 0) is 47.1 Å². The van der Waals surface area contributed by atoms with Crippen LogP contribution >= 0.6 is 39.0 Å². The zero-order valence-electron chi connectivity index (χ0n) is 16.3. The average molecular weight is 521 g/mol. The van der Waals surface area contributed by atoms with Gasteiger partial charge in [-0.15, -0.1) is 10.2 Å². The SMILES string of the molecule is CCOC(=O)c1ccccc1NC(=O)CSc1nnc(NC(=O)c2ccccc2Br)s1. The van der Waals surface area contributed by atoms with Crippen LogP contribution in [0.4, 0.5) is 10.8 Å². The van der Waals surface area contributed by atoms with Crippen LogP contribution in [0.25, 0.3) is 0 Å². The lowest BCUT2D eigenvalue weighted by molar-refractivity contribution is -0.113. The van der Waals surface area contributed by atoms with Crippen molar-refractivity contribution in [3.63, 3.8) is 0 Å². The van der Waals surface area contributed by atoms with E-state index in [1.807, 2.05) is 6.07 Å². The van der Waals surface area contributed by atoms with E-state index in [1.165, 1.54) is 11.8 Å². The number of amides is 2. The van der Waals surface area contributed by atoms with Gasteiger partial charge < -0.3 is 10.1 Å². The minimum Gasteiger partial charge on any atom is -0.462 e. The summed E-state index contributed by atoms with van der Waals surface area (Å²) in [6.45, 7) is 1.96. The van der Waals surface area contributed by atoms with Gasteiger partial charge in [-0.25, -0.2) is 4.79 Å². The van der Waals surface area contributed by atoms with E-state index in [0.717, 1.165) is 11.3 Å². The van der Waals surface area contributed by atoms with E-state index in [4.69, 9.17) is 4.74 Å². The molecule has 8 nitrogen and oxygen atoms in total. The zero-order valence-corrected chi connectivity index (χ0v) is 19.5. The molecule has 160 valence electrons. The Labute approximate surface area is 194 Å². The average Bonchev–Trinajstić information content (AvgIpc) is 3.20. The van der Waals surface area contributed by atoms with Crippen molar-refractivity contribution in [2.75, 3.05) is 23.0 Å². The van der Waals surface area contributed by atoms with Crippen LogP contribution in [0.2, 0.25) is 0 Å². The number of anilines is 2. The highest BCUT2D eigenvalue weighted by Crippen LogP contribution is 2.27. The van der Waals surface area contributed by atoms with E-state index in [-0.39, 0.29) is 29.7 Å². The highest BCUT2D eigenvalue weighted by atomic mass is 79.9. The third-order valence-electron chi connectivity index (χ3n) is 3.77. The van der Waals surface area contributed by atoms with E-state index < -0.39 is 5.97 Å². The number of carbonyl (C=O) groups excluding carboxylic acids is 3. The van der Waals surface area contributed by atoms with Gasteiger partial charge in [-0.2, -0.15) is 0 Å². The third-order valence-corrected chi connectivity index (χ3v) is 6.43. The number of halogens is 1. The topological polar surface area (TPSA) is 110 Å². The van der Waals surface area contributed by atoms with Crippen molar-refractivity contribution in [2.24, 2.45) is 0 Å². The first-order chi connectivity index (χ1) is 15.0. The Kier molecular flexibility index (Phi) is 8.15. The van der Waals surface area contributed by atoms with E-state index in [2.05, 4.69) is 36.8 Å². The van der Waals surface area contributed by atoms with Crippen LogP contribution in [0.1, 0.15) is 27.6 Å². The van der Waals surface area contributed by atoms with Crippen LogP contribution in [0.15, 0.2) is 57.3 Å². The summed E-state index contributed by atoms with van der Waals surface area (Å²) in [7, 11) is 0. The van der Waals surface area contributed by atoms with Gasteiger partial charge in [0.25, 0.3) is 5.91 Å². The molecule has 2 amide bonds. The Morgan fingerprint density at radius 1 is 1.03 bits per heavy atom. The van der Waals surface area contributed by atoms with Gasteiger partial charge in [0.15, 0.2) is 4.34 Å². The maximum absolute atomic E-state index is 12.3. The quantitative estimate of drug-likeness (QED) is 0.256.